The molecule has 0 radical (unpaired) electrons. The molecule has 0 atom stereocenters. The van der Waals surface area contributed by atoms with Gasteiger partial charge in [0.05, 0.1) is 18.4 Å². The van der Waals surface area contributed by atoms with E-state index in [4.69, 9.17) is 4.74 Å². The molecule has 6 heteroatoms. The number of nitrogens with zero attached hydrogens (tertiary/aromatic N) is 1. The number of nitrogens with one attached hydrogen (secondary N) is 2. The van der Waals surface area contributed by atoms with E-state index in [-0.39, 0.29) is 11.5 Å². The van der Waals surface area contributed by atoms with E-state index in [0.717, 1.165) is 18.8 Å². The van der Waals surface area contributed by atoms with Gasteiger partial charge in [-0.3, -0.25) is 9.78 Å². The van der Waals surface area contributed by atoms with Crippen LogP contribution in [-0.2, 0) is 4.74 Å². The Morgan fingerprint density at radius 1 is 1.41 bits per heavy atom. The third-order valence-electron chi connectivity index (χ3n) is 2.04. The summed E-state index contributed by atoms with van der Waals surface area (Å²) >= 11 is 0. The number of hydrogen-bond donors (Lipinski definition) is 2. The van der Waals surface area contributed by atoms with Crippen molar-refractivity contribution in [1.82, 2.24) is 15.6 Å². The summed E-state index contributed by atoms with van der Waals surface area (Å²) in [6, 6.07) is 1.15. The Hall–Kier alpha value is -1.53. The molecule has 0 saturated heterocycles. The minimum atomic E-state index is -0.518. The second-order valence-electron chi connectivity index (χ2n) is 3.39. The van der Waals surface area contributed by atoms with Gasteiger partial charge in [-0.05, 0) is 6.07 Å². The summed E-state index contributed by atoms with van der Waals surface area (Å²) in [5, 5.41) is 5.73. The average Bonchev–Trinajstić information content (AvgIpc) is 2.33. The number of rotatable bonds is 7. The highest BCUT2D eigenvalue weighted by Gasteiger charge is 2.05. The van der Waals surface area contributed by atoms with Crippen LogP contribution in [-0.4, -0.2) is 44.2 Å². The van der Waals surface area contributed by atoms with Crippen LogP contribution >= 0.6 is 0 Å². The van der Waals surface area contributed by atoms with E-state index >= 15 is 0 Å². The lowest BCUT2D eigenvalue weighted by molar-refractivity contribution is 0.0953. The van der Waals surface area contributed by atoms with Crippen LogP contribution in [0.15, 0.2) is 18.5 Å². The third kappa shape index (κ3) is 5.37. The van der Waals surface area contributed by atoms with Crippen molar-refractivity contribution in [3.8, 4) is 0 Å². The van der Waals surface area contributed by atoms with Gasteiger partial charge in [-0.15, -0.1) is 0 Å². The van der Waals surface area contributed by atoms with Gasteiger partial charge in [-0.1, -0.05) is 0 Å². The number of amides is 1. The molecule has 0 spiro atoms. The average molecular weight is 241 g/mol. The first-order valence-electron chi connectivity index (χ1n) is 5.32. The maximum atomic E-state index is 12.8. The fraction of sp³-hybridized carbons (Fsp3) is 0.455. The molecule has 0 saturated carbocycles. The van der Waals surface area contributed by atoms with Gasteiger partial charge in [0.15, 0.2) is 0 Å². The molecule has 0 unspecified atom stereocenters. The predicted molar refractivity (Wildman–Crippen MR) is 61.3 cm³/mol. The molecule has 1 aromatic heterocycles. The normalized spacial score (nSPS) is 10.2. The summed E-state index contributed by atoms with van der Waals surface area (Å²) in [5.74, 6) is -0.846. The second-order valence-corrected chi connectivity index (χ2v) is 3.39. The number of carbonyl (C=O) groups is 1. The molecular weight excluding hydrogens is 225 g/mol. The number of halogens is 1. The number of methoxy groups -OCH3 is 1. The molecule has 94 valence electrons. The highest BCUT2D eigenvalue weighted by atomic mass is 19.1. The van der Waals surface area contributed by atoms with Gasteiger partial charge >= 0.3 is 0 Å². The molecule has 0 aliphatic heterocycles. The first kappa shape index (κ1) is 13.5. The largest absolute Gasteiger partial charge is 0.383 e. The Kier molecular flexibility index (Phi) is 6.13. The van der Waals surface area contributed by atoms with E-state index < -0.39 is 5.82 Å². The quantitative estimate of drug-likeness (QED) is 0.669. The molecule has 5 nitrogen and oxygen atoms in total. The van der Waals surface area contributed by atoms with Crippen LogP contribution < -0.4 is 10.6 Å². The lowest BCUT2D eigenvalue weighted by Gasteiger charge is -2.06. The minimum absolute atomic E-state index is 0.224. The number of pyridine rings is 1. The van der Waals surface area contributed by atoms with Crippen LogP contribution in [0, 0.1) is 5.82 Å². The molecule has 0 aliphatic rings. The van der Waals surface area contributed by atoms with Crippen molar-refractivity contribution in [2.75, 3.05) is 33.4 Å². The summed E-state index contributed by atoms with van der Waals surface area (Å²) < 4.78 is 17.6. The van der Waals surface area contributed by atoms with E-state index in [1.54, 1.807) is 7.11 Å². The van der Waals surface area contributed by atoms with Gasteiger partial charge in [0, 0.05) is 32.9 Å². The first-order valence-corrected chi connectivity index (χ1v) is 5.32. The molecular formula is C11H16FN3O2. The Balaban J connectivity index is 2.21. The van der Waals surface area contributed by atoms with Crippen molar-refractivity contribution in [3.63, 3.8) is 0 Å². The fourth-order valence-electron chi connectivity index (χ4n) is 1.20. The molecule has 1 aromatic rings. The molecule has 1 heterocycles. The molecule has 0 fully saturated rings. The highest BCUT2D eigenvalue weighted by molar-refractivity contribution is 5.93. The molecule has 0 aromatic carbocycles. The van der Waals surface area contributed by atoms with Crippen molar-refractivity contribution >= 4 is 5.91 Å². The van der Waals surface area contributed by atoms with E-state index in [0.29, 0.717) is 19.7 Å². The predicted octanol–water partition coefficient (Wildman–Crippen LogP) is 0.186. The van der Waals surface area contributed by atoms with E-state index in [1.165, 1.54) is 6.20 Å². The maximum Gasteiger partial charge on any atom is 0.252 e. The van der Waals surface area contributed by atoms with Gasteiger partial charge in [-0.2, -0.15) is 0 Å². The van der Waals surface area contributed by atoms with E-state index in [9.17, 15) is 9.18 Å². The second kappa shape index (κ2) is 7.70. The van der Waals surface area contributed by atoms with Gasteiger partial charge in [0.25, 0.3) is 5.91 Å². The number of aromatic nitrogens is 1. The van der Waals surface area contributed by atoms with Gasteiger partial charge in [0.2, 0.25) is 0 Å². The van der Waals surface area contributed by atoms with E-state index in [2.05, 4.69) is 15.6 Å². The zero-order valence-corrected chi connectivity index (χ0v) is 9.70. The van der Waals surface area contributed by atoms with Crippen molar-refractivity contribution in [3.05, 3.63) is 29.8 Å². The molecule has 0 bridgehead atoms. The lowest BCUT2D eigenvalue weighted by Crippen LogP contribution is -2.33. The van der Waals surface area contributed by atoms with Crippen molar-refractivity contribution in [2.24, 2.45) is 0 Å². The molecule has 2 N–H and O–H groups in total. The van der Waals surface area contributed by atoms with Gasteiger partial charge < -0.3 is 15.4 Å². The van der Waals surface area contributed by atoms with Gasteiger partial charge in [0.1, 0.15) is 5.82 Å². The highest BCUT2D eigenvalue weighted by Crippen LogP contribution is 1.99. The smallest absolute Gasteiger partial charge is 0.252 e. The Morgan fingerprint density at radius 2 is 2.24 bits per heavy atom. The molecule has 17 heavy (non-hydrogen) atoms. The number of ether oxygens (including phenoxy) is 1. The van der Waals surface area contributed by atoms with Crippen molar-refractivity contribution in [1.29, 1.82) is 0 Å². The summed E-state index contributed by atoms with van der Waals surface area (Å²) in [5.41, 5.74) is 0.224. The third-order valence-corrected chi connectivity index (χ3v) is 2.04. The molecule has 1 amide bonds. The zero-order chi connectivity index (χ0) is 12.5. The number of carbonyl (C=O) groups excluding carboxylic acids is 1. The topological polar surface area (TPSA) is 63.2 Å². The first-order chi connectivity index (χ1) is 8.24. The zero-order valence-electron chi connectivity index (χ0n) is 9.70. The van der Waals surface area contributed by atoms with Crippen LogP contribution in [0.2, 0.25) is 0 Å². The lowest BCUT2D eigenvalue weighted by atomic mass is 10.2. The minimum Gasteiger partial charge on any atom is -0.383 e. The van der Waals surface area contributed by atoms with Crippen molar-refractivity contribution < 1.29 is 13.9 Å². The summed E-state index contributed by atoms with van der Waals surface area (Å²) in [6.07, 6.45) is 2.39. The standard InChI is InChI=1S/C11H16FN3O2/c1-17-5-4-13-2-3-15-11(16)9-6-10(12)8-14-7-9/h6-8,13H,2-5H2,1H3,(H,15,16). The molecule has 1 rings (SSSR count). The summed E-state index contributed by atoms with van der Waals surface area (Å²) in [6.45, 7) is 2.46. The number of hydrogen-bond acceptors (Lipinski definition) is 4. The van der Waals surface area contributed by atoms with Crippen LogP contribution in [0.25, 0.3) is 0 Å². The van der Waals surface area contributed by atoms with Crippen LogP contribution in [0.4, 0.5) is 4.39 Å². The van der Waals surface area contributed by atoms with Crippen LogP contribution in [0.1, 0.15) is 10.4 Å². The Labute approximate surface area is 99.4 Å². The Bertz CT molecular complexity index is 360. The van der Waals surface area contributed by atoms with Crippen LogP contribution in [0.5, 0.6) is 0 Å². The van der Waals surface area contributed by atoms with Gasteiger partial charge in [-0.25, -0.2) is 4.39 Å². The molecule has 0 aliphatic carbocycles. The van der Waals surface area contributed by atoms with E-state index in [1.807, 2.05) is 0 Å². The fourth-order valence-corrected chi connectivity index (χ4v) is 1.20. The summed E-state index contributed by atoms with van der Waals surface area (Å²) in [4.78, 5) is 15.1. The summed E-state index contributed by atoms with van der Waals surface area (Å²) in [7, 11) is 1.63. The van der Waals surface area contributed by atoms with Crippen LogP contribution in [0.3, 0.4) is 0 Å². The van der Waals surface area contributed by atoms with Crippen molar-refractivity contribution in [2.45, 2.75) is 0 Å². The SMILES string of the molecule is COCCNCCNC(=O)c1cncc(F)c1. The Morgan fingerprint density at radius 3 is 2.94 bits per heavy atom. The monoisotopic (exact) mass is 241 g/mol. The maximum absolute atomic E-state index is 12.8.